The molecule has 0 bridgehead atoms. The summed E-state index contributed by atoms with van der Waals surface area (Å²) in [4.78, 5) is 4.52. The lowest BCUT2D eigenvalue weighted by Gasteiger charge is -2.19. The van der Waals surface area contributed by atoms with Crippen molar-refractivity contribution in [2.24, 2.45) is 7.05 Å². The average Bonchev–Trinajstić information content (AvgIpc) is 2.99. The summed E-state index contributed by atoms with van der Waals surface area (Å²) < 4.78 is 30.9. The van der Waals surface area contributed by atoms with E-state index in [0.717, 1.165) is 5.56 Å². The summed E-state index contributed by atoms with van der Waals surface area (Å²) in [5, 5.41) is 0. The molecule has 2 aromatic carbocycles. The van der Waals surface area contributed by atoms with Crippen LogP contribution in [0.5, 0.6) is 0 Å². The number of aromatic nitrogens is 2. The Balaban J connectivity index is 2.03. The molecule has 1 heterocycles. The van der Waals surface area contributed by atoms with Gasteiger partial charge in [0, 0.05) is 23.9 Å². The van der Waals surface area contributed by atoms with Gasteiger partial charge in [-0.3, -0.25) is 0 Å². The quantitative estimate of drug-likeness (QED) is 0.708. The topological polar surface area (TPSA) is 64.0 Å². The first-order chi connectivity index (χ1) is 11.5. The number of nitrogens with one attached hydrogen (secondary N) is 1. The van der Waals surface area contributed by atoms with Crippen LogP contribution in [-0.4, -0.2) is 18.0 Å². The Kier molecular flexibility index (Phi) is 4.84. The fraction of sp³-hybridized carbons (Fsp3) is 0.118. The first-order valence-corrected chi connectivity index (χ1v) is 9.55. The maximum Gasteiger partial charge on any atom is 0.241 e. The van der Waals surface area contributed by atoms with Gasteiger partial charge in [0.1, 0.15) is 11.9 Å². The summed E-state index contributed by atoms with van der Waals surface area (Å²) in [6, 6.07) is 15.4. The Morgan fingerprint density at radius 2 is 1.88 bits per heavy atom. The number of hydrogen-bond acceptors (Lipinski definition) is 3. The Labute approximate surface area is 149 Å². The van der Waals surface area contributed by atoms with Crippen LogP contribution >= 0.6 is 15.9 Å². The second-order valence-corrected chi connectivity index (χ2v) is 7.95. The molecule has 1 unspecified atom stereocenters. The van der Waals surface area contributed by atoms with Crippen LogP contribution in [0.3, 0.4) is 0 Å². The van der Waals surface area contributed by atoms with E-state index < -0.39 is 16.1 Å². The van der Waals surface area contributed by atoms with Gasteiger partial charge in [0.05, 0.1) is 4.90 Å². The summed E-state index contributed by atoms with van der Waals surface area (Å²) in [5.41, 5.74) is 0.824. The van der Waals surface area contributed by atoms with E-state index in [1.807, 2.05) is 37.4 Å². The second-order valence-electron chi connectivity index (χ2n) is 5.32. The van der Waals surface area contributed by atoms with Gasteiger partial charge < -0.3 is 4.57 Å². The van der Waals surface area contributed by atoms with Crippen molar-refractivity contribution in [2.75, 3.05) is 0 Å². The normalized spacial score (nSPS) is 12.9. The Hall–Kier alpha value is -1.96. The first kappa shape index (κ1) is 16.9. The van der Waals surface area contributed by atoms with Crippen molar-refractivity contribution < 1.29 is 8.42 Å². The Bertz CT molecular complexity index is 939. The van der Waals surface area contributed by atoms with Gasteiger partial charge in [0.25, 0.3) is 0 Å². The third-order valence-corrected chi connectivity index (χ3v) is 5.54. The molecule has 0 saturated heterocycles. The molecular formula is C17H16BrN3O2S. The summed E-state index contributed by atoms with van der Waals surface area (Å²) in [7, 11) is -1.87. The van der Waals surface area contributed by atoms with Crippen LogP contribution < -0.4 is 4.72 Å². The molecule has 0 saturated carbocycles. The van der Waals surface area contributed by atoms with Crippen LogP contribution in [0.2, 0.25) is 0 Å². The van der Waals surface area contributed by atoms with E-state index in [-0.39, 0.29) is 4.90 Å². The highest BCUT2D eigenvalue weighted by atomic mass is 79.9. The highest BCUT2D eigenvalue weighted by molar-refractivity contribution is 9.10. The molecule has 124 valence electrons. The largest absolute Gasteiger partial charge is 0.336 e. The number of sulfonamides is 1. The minimum Gasteiger partial charge on any atom is -0.336 e. The highest BCUT2D eigenvalue weighted by Crippen LogP contribution is 2.24. The van der Waals surface area contributed by atoms with Crippen LogP contribution in [0.1, 0.15) is 17.4 Å². The lowest BCUT2D eigenvalue weighted by atomic mass is 10.1. The van der Waals surface area contributed by atoms with E-state index >= 15 is 0 Å². The van der Waals surface area contributed by atoms with E-state index in [1.165, 1.54) is 0 Å². The van der Waals surface area contributed by atoms with Crippen molar-refractivity contribution in [1.29, 1.82) is 0 Å². The molecule has 1 aromatic heterocycles. The minimum absolute atomic E-state index is 0.201. The van der Waals surface area contributed by atoms with Crippen LogP contribution in [0.25, 0.3) is 0 Å². The number of imidazole rings is 1. The van der Waals surface area contributed by atoms with E-state index in [1.54, 1.807) is 41.2 Å². The van der Waals surface area contributed by atoms with Gasteiger partial charge in [-0.15, -0.1) is 0 Å². The molecule has 7 heteroatoms. The molecule has 3 aromatic rings. The van der Waals surface area contributed by atoms with Crippen LogP contribution in [-0.2, 0) is 17.1 Å². The van der Waals surface area contributed by atoms with E-state index in [2.05, 4.69) is 25.6 Å². The summed E-state index contributed by atoms with van der Waals surface area (Å²) in [5.74, 6) is 0.625. The SMILES string of the molecule is Cn1ccnc1C(NS(=O)(=O)c1cccc(Br)c1)c1ccccc1. The summed E-state index contributed by atoms with van der Waals surface area (Å²) in [6.45, 7) is 0. The van der Waals surface area contributed by atoms with Crippen LogP contribution in [0.4, 0.5) is 0 Å². The number of hydrogen-bond donors (Lipinski definition) is 1. The highest BCUT2D eigenvalue weighted by Gasteiger charge is 2.25. The van der Waals surface area contributed by atoms with Crippen molar-refractivity contribution >= 4 is 26.0 Å². The third kappa shape index (κ3) is 3.58. The molecule has 1 atom stereocenters. The minimum atomic E-state index is -3.71. The summed E-state index contributed by atoms with van der Waals surface area (Å²) in [6.07, 6.45) is 3.44. The predicted octanol–water partition coefficient (Wildman–Crippen LogP) is 3.25. The van der Waals surface area contributed by atoms with Crippen LogP contribution in [0, 0.1) is 0 Å². The zero-order valence-electron chi connectivity index (χ0n) is 12.9. The molecule has 5 nitrogen and oxygen atoms in total. The smallest absolute Gasteiger partial charge is 0.241 e. The second kappa shape index (κ2) is 6.88. The third-order valence-electron chi connectivity index (χ3n) is 3.63. The molecule has 0 spiro atoms. The van der Waals surface area contributed by atoms with Gasteiger partial charge in [-0.25, -0.2) is 13.4 Å². The van der Waals surface area contributed by atoms with Crippen molar-refractivity contribution in [3.05, 3.63) is 82.9 Å². The lowest BCUT2D eigenvalue weighted by Crippen LogP contribution is -2.31. The first-order valence-electron chi connectivity index (χ1n) is 7.27. The number of halogens is 1. The molecule has 0 amide bonds. The van der Waals surface area contributed by atoms with Gasteiger partial charge >= 0.3 is 0 Å². The van der Waals surface area contributed by atoms with Crippen molar-refractivity contribution in [2.45, 2.75) is 10.9 Å². The van der Waals surface area contributed by atoms with Gasteiger partial charge in [-0.05, 0) is 23.8 Å². The molecule has 3 rings (SSSR count). The van der Waals surface area contributed by atoms with E-state index in [0.29, 0.717) is 10.3 Å². The molecule has 0 aliphatic rings. The van der Waals surface area contributed by atoms with Gasteiger partial charge in [-0.2, -0.15) is 4.72 Å². The number of rotatable bonds is 5. The van der Waals surface area contributed by atoms with Crippen molar-refractivity contribution in [3.8, 4) is 0 Å². The Morgan fingerprint density at radius 3 is 2.50 bits per heavy atom. The fourth-order valence-corrected chi connectivity index (χ4v) is 4.21. The van der Waals surface area contributed by atoms with Gasteiger partial charge in [0.15, 0.2) is 0 Å². The Morgan fingerprint density at radius 1 is 1.12 bits per heavy atom. The number of benzene rings is 2. The van der Waals surface area contributed by atoms with Gasteiger partial charge in [-0.1, -0.05) is 52.3 Å². The monoisotopic (exact) mass is 405 g/mol. The standard InChI is InChI=1S/C17H16BrN3O2S/c1-21-11-10-19-17(21)16(13-6-3-2-4-7-13)20-24(22,23)15-9-5-8-14(18)12-15/h2-12,16,20H,1H3. The molecule has 1 N–H and O–H groups in total. The zero-order chi connectivity index (χ0) is 17.2. The maximum atomic E-state index is 12.8. The molecule has 24 heavy (non-hydrogen) atoms. The number of aryl methyl sites for hydroxylation is 1. The predicted molar refractivity (Wildman–Crippen MR) is 96.0 cm³/mol. The summed E-state index contributed by atoms with van der Waals surface area (Å²) >= 11 is 3.31. The molecule has 0 aliphatic carbocycles. The molecular weight excluding hydrogens is 390 g/mol. The van der Waals surface area contributed by atoms with Crippen molar-refractivity contribution in [1.82, 2.24) is 14.3 Å². The van der Waals surface area contributed by atoms with E-state index in [9.17, 15) is 8.42 Å². The average molecular weight is 406 g/mol. The van der Waals surface area contributed by atoms with E-state index in [4.69, 9.17) is 0 Å². The van der Waals surface area contributed by atoms with Crippen molar-refractivity contribution in [3.63, 3.8) is 0 Å². The fourth-order valence-electron chi connectivity index (χ4n) is 2.43. The molecule has 0 fully saturated rings. The number of nitrogens with zero attached hydrogens (tertiary/aromatic N) is 2. The van der Waals surface area contributed by atoms with Gasteiger partial charge in [0.2, 0.25) is 10.0 Å². The zero-order valence-corrected chi connectivity index (χ0v) is 15.3. The molecule has 0 aliphatic heterocycles. The molecule has 0 radical (unpaired) electrons. The van der Waals surface area contributed by atoms with Crippen LogP contribution in [0.15, 0.2) is 76.4 Å². The lowest BCUT2D eigenvalue weighted by molar-refractivity contribution is 0.563. The maximum absolute atomic E-state index is 12.8.